The van der Waals surface area contributed by atoms with Crippen LogP contribution in [-0.2, 0) is 5.75 Å². The van der Waals surface area contributed by atoms with Crippen LogP contribution in [0.15, 0.2) is 39.6 Å². The van der Waals surface area contributed by atoms with Gasteiger partial charge in [-0.1, -0.05) is 25.1 Å². The third-order valence-electron chi connectivity index (χ3n) is 2.66. The third kappa shape index (κ3) is 4.36. The van der Waals surface area contributed by atoms with Crippen molar-refractivity contribution in [2.45, 2.75) is 37.0 Å². The van der Waals surface area contributed by atoms with E-state index in [4.69, 9.17) is 4.42 Å². The van der Waals surface area contributed by atoms with Gasteiger partial charge >= 0.3 is 0 Å². The maximum Gasteiger partial charge on any atom is 0.233 e. The Bertz CT molecular complexity index is 486. The van der Waals surface area contributed by atoms with Crippen molar-refractivity contribution in [3.63, 3.8) is 0 Å². The van der Waals surface area contributed by atoms with E-state index in [0.29, 0.717) is 17.5 Å². The van der Waals surface area contributed by atoms with Crippen LogP contribution in [0.5, 0.6) is 0 Å². The Kier molecular flexibility index (Phi) is 5.42. The lowest BCUT2D eigenvalue weighted by molar-refractivity contribution is 0.401. The Hall–Kier alpha value is -1.33. The second kappa shape index (κ2) is 7.31. The summed E-state index contributed by atoms with van der Waals surface area (Å²) in [5.74, 6) is 2.04. The van der Waals surface area contributed by atoms with E-state index in [9.17, 15) is 0 Å². The summed E-state index contributed by atoms with van der Waals surface area (Å²) < 4.78 is 5.66. The highest BCUT2D eigenvalue weighted by atomic mass is 32.2. The Morgan fingerprint density at radius 1 is 1.26 bits per heavy atom. The number of thioether (sulfide) groups is 1. The van der Waals surface area contributed by atoms with Gasteiger partial charge in [-0.3, -0.25) is 0 Å². The third-order valence-corrected chi connectivity index (χ3v) is 3.66. The average Bonchev–Trinajstić information content (AvgIpc) is 2.92. The van der Waals surface area contributed by atoms with Crippen LogP contribution in [0.4, 0.5) is 0 Å². The van der Waals surface area contributed by atoms with Crippen LogP contribution >= 0.6 is 11.8 Å². The molecule has 0 radical (unpaired) electrons. The lowest BCUT2D eigenvalue weighted by Crippen LogP contribution is -2.19. The molecular formula is C14H19N3OS. The highest BCUT2D eigenvalue weighted by Gasteiger charge is 2.12. The molecule has 0 saturated heterocycles. The number of nitrogens with zero attached hydrogens (tertiary/aromatic N) is 2. The summed E-state index contributed by atoms with van der Waals surface area (Å²) in [5.41, 5.74) is 0. The quantitative estimate of drug-likeness (QED) is 0.786. The molecule has 5 heteroatoms. The van der Waals surface area contributed by atoms with Gasteiger partial charge in [0.2, 0.25) is 11.8 Å². The molecule has 2 aromatic rings. The van der Waals surface area contributed by atoms with E-state index < -0.39 is 0 Å². The van der Waals surface area contributed by atoms with Crippen LogP contribution in [0.1, 0.15) is 38.1 Å². The summed E-state index contributed by atoms with van der Waals surface area (Å²) in [6.45, 7) is 5.13. The molecule has 0 aliphatic rings. The first-order valence-corrected chi connectivity index (χ1v) is 7.51. The number of benzene rings is 1. The fourth-order valence-corrected chi connectivity index (χ4v) is 2.37. The molecule has 0 saturated carbocycles. The fraction of sp³-hybridized carbons (Fsp3) is 0.429. The summed E-state index contributed by atoms with van der Waals surface area (Å²) in [6.07, 6.45) is 1.09. The Balaban J connectivity index is 1.87. The van der Waals surface area contributed by atoms with Crippen molar-refractivity contribution in [2.24, 2.45) is 0 Å². The van der Waals surface area contributed by atoms with Crippen molar-refractivity contribution >= 4 is 11.8 Å². The Labute approximate surface area is 118 Å². The van der Waals surface area contributed by atoms with Crippen molar-refractivity contribution in [1.29, 1.82) is 0 Å². The molecule has 0 aliphatic heterocycles. The summed E-state index contributed by atoms with van der Waals surface area (Å²) in [7, 11) is 0. The standard InChI is InChI=1S/C14H19N3OS/c1-3-9-15-11(2)14-17-16-13(18-14)10-19-12-7-5-4-6-8-12/h4-8,11,15H,3,9-10H2,1-2H3. The zero-order valence-electron chi connectivity index (χ0n) is 11.3. The first kappa shape index (κ1) is 14.1. The van der Waals surface area contributed by atoms with Crippen LogP contribution in [0.2, 0.25) is 0 Å². The monoisotopic (exact) mass is 277 g/mol. The second-order valence-electron chi connectivity index (χ2n) is 4.31. The number of aromatic nitrogens is 2. The minimum Gasteiger partial charge on any atom is -0.423 e. The number of nitrogens with one attached hydrogen (secondary N) is 1. The van der Waals surface area contributed by atoms with Gasteiger partial charge in [0.1, 0.15) is 0 Å². The number of hydrogen-bond donors (Lipinski definition) is 1. The minimum atomic E-state index is 0.114. The molecule has 0 fully saturated rings. The Morgan fingerprint density at radius 3 is 2.79 bits per heavy atom. The highest BCUT2D eigenvalue weighted by Crippen LogP contribution is 2.22. The SMILES string of the molecule is CCCNC(C)c1nnc(CSc2ccccc2)o1. The second-order valence-corrected chi connectivity index (χ2v) is 5.36. The van der Waals surface area contributed by atoms with Gasteiger partial charge in [0.05, 0.1) is 11.8 Å². The van der Waals surface area contributed by atoms with Gasteiger partial charge in [0, 0.05) is 4.90 Å². The van der Waals surface area contributed by atoms with Gasteiger partial charge in [0.15, 0.2) is 0 Å². The summed E-state index contributed by atoms with van der Waals surface area (Å²) in [5, 5.41) is 11.5. The lowest BCUT2D eigenvalue weighted by atomic mass is 10.3. The van der Waals surface area contributed by atoms with Crippen LogP contribution in [0, 0.1) is 0 Å². The van der Waals surface area contributed by atoms with Gasteiger partial charge in [-0.15, -0.1) is 22.0 Å². The van der Waals surface area contributed by atoms with E-state index in [-0.39, 0.29) is 6.04 Å². The van der Waals surface area contributed by atoms with E-state index in [2.05, 4.69) is 34.6 Å². The molecule has 0 aliphatic carbocycles. The van der Waals surface area contributed by atoms with E-state index >= 15 is 0 Å². The first-order valence-electron chi connectivity index (χ1n) is 6.53. The topological polar surface area (TPSA) is 51.0 Å². The first-order chi connectivity index (χ1) is 9.29. The zero-order valence-corrected chi connectivity index (χ0v) is 12.1. The van der Waals surface area contributed by atoms with E-state index in [1.165, 1.54) is 4.90 Å². The molecule has 1 N–H and O–H groups in total. The molecule has 0 bridgehead atoms. The molecular weight excluding hydrogens is 258 g/mol. The number of hydrogen-bond acceptors (Lipinski definition) is 5. The summed E-state index contributed by atoms with van der Waals surface area (Å²) in [6, 6.07) is 10.3. The average molecular weight is 277 g/mol. The molecule has 1 unspecified atom stereocenters. The molecule has 1 aromatic carbocycles. The molecule has 1 heterocycles. The van der Waals surface area contributed by atoms with Gasteiger partial charge in [-0.05, 0) is 32.0 Å². The predicted molar refractivity (Wildman–Crippen MR) is 77.0 cm³/mol. The molecule has 1 atom stereocenters. The maximum absolute atomic E-state index is 5.66. The largest absolute Gasteiger partial charge is 0.423 e. The van der Waals surface area contributed by atoms with Gasteiger partial charge in [-0.2, -0.15) is 0 Å². The van der Waals surface area contributed by atoms with Crippen LogP contribution < -0.4 is 5.32 Å². The predicted octanol–water partition coefficient (Wildman–Crippen LogP) is 3.42. The lowest BCUT2D eigenvalue weighted by Gasteiger charge is -2.07. The van der Waals surface area contributed by atoms with Crippen molar-refractivity contribution in [3.05, 3.63) is 42.1 Å². The van der Waals surface area contributed by atoms with E-state index in [0.717, 1.165) is 13.0 Å². The maximum atomic E-state index is 5.66. The molecule has 0 spiro atoms. The normalized spacial score (nSPS) is 12.5. The van der Waals surface area contributed by atoms with Gasteiger partial charge in [-0.25, -0.2) is 0 Å². The molecule has 102 valence electrons. The smallest absolute Gasteiger partial charge is 0.233 e. The van der Waals surface area contributed by atoms with E-state index in [1.807, 2.05) is 25.1 Å². The van der Waals surface area contributed by atoms with Crippen LogP contribution in [0.25, 0.3) is 0 Å². The fourth-order valence-electron chi connectivity index (χ4n) is 1.61. The molecule has 0 amide bonds. The molecule has 19 heavy (non-hydrogen) atoms. The van der Waals surface area contributed by atoms with Crippen molar-refractivity contribution in [3.8, 4) is 0 Å². The molecule has 1 aromatic heterocycles. The summed E-state index contributed by atoms with van der Waals surface area (Å²) >= 11 is 1.70. The van der Waals surface area contributed by atoms with E-state index in [1.54, 1.807) is 11.8 Å². The van der Waals surface area contributed by atoms with Crippen molar-refractivity contribution in [2.75, 3.05) is 6.54 Å². The number of rotatable bonds is 7. The van der Waals surface area contributed by atoms with Gasteiger partial charge in [0.25, 0.3) is 0 Å². The van der Waals surface area contributed by atoms with Gasteiger partial charge < -0.3 is 9.73 Å². The van der Waals surface area contributed by atoms with Crippen LogP contribution in [-0.4, -0.2) is 16.7 Å². The molecule has 4 nitrogen and oxygen atoms in total. The van der Waals surface area contributed by atoms with Crippen LogP contribution in [0.3, 0.4) is 0 Å². The molecule has 2 rings (SSSR count). The zero-order chi connectivity index (χ0) is 13.5. The summed E-state index contributed by atoms with van der Waals surface area (Å²) in [4.78, 5) is 1.21. The van der Waals surface area contributed by atoms with Crippen molar-refractivity contribution < 1.29 is 4.42 Å². The highest BCUT2D eigenvalue weighted by molar-refractivity contribution is 7.98. The minimum absolute atomic E-state index is 0.114. The van der Waals surface area contributed by atoms with Crippen molar-refractivity contribution in [1.82, 2.24) is 15.5 Å². The Morgan fingerprint density at radius 2 is 2.05 bits per heavy atom.